The molecule has 8 nitrogen and oxygen atoms in total. The van der Waals surface area contributed by atoms with Crippen LogP contribution >= 0.6 is 0 Å². The molecule has 1 aliphatic heterocycles. The summed E-state index contributed by atoms with van der Waals surface area (Å²) in [5.41, 5.74) is 1.17. The minimum absolute atomic E-state index is 0.0260. The van der Waals surface area contributed by atoms with Crippen LogP contribution in [0.25, 0.3) is 11.4 Å². The smallest absolute Gasteiger partial charge is 0.354 e. The first-order valence-electron chi connectivity index (χ1n) is 7.23. The Balaban J connectivity index is 1.79. The SMILES string of the molecule is Cc1cc(-c2nnn(CC3CCCCO3)n2)cc(C(=O)O)n1. The highest BCUT2D eigenvalue weighted by molar-refractivity contribution is 5.86. The summed E-state index contributed by atoms with van der Waals surface area (Å²) < 4.78 is 5.65. The Morgan fingerprint density at radius 2 is 2.32 bits per heavy atom. The van der Waals surface area contributed by atoms with Crippen molar-refractivity contribution in [3.8, 4) is 11.4 Å². The predicted octanol–water partition coefficient (Wildman–Crippen LogP) is 1.31. The molecule has 0 aliphatic carbocycles. The number of ether oxygens (including phenoxy) is 1. The van der Waals surface area contributed by atoms with E-state index in [2.05, 4.69) is 20.4 Å². The number of carboxylic acid groups (broad SMARTS) is 1. The summed E-state index contributed by atoms with van der Waals surface area (Å²) >= 11 is 0. The van der Waals surface area contributed by atoms with E-state index in [1.165, 1.54) is 10.9 Å². The van der Waals surface area contributed by atoms with Gasteiger partial charge in [-0.2, -0.15) is 4.80 Å². The summed E-state index contributed by atoms with van der Waals surface area (Å²) in [5, 5.41) is 21.4. The molecule has 2 aromatic heterocycles. The van der Waals surface area contributed by atoms with Gasteiger partial charge in [0.05, 0.1) is 12.6 Å². The number of pyridine rings is 1. The fraction of sp³-hybridized carbons (Fsp3) is 0.500. The van der Waals surface area contributed by atoms with Gasteiger partial charge in [0.2, 0.25) is 5.82 Å². The highest BCUT2D eigenvalue weighted by atomic mass is 16.5. The molecule has 3 heterocycles. The molecular weight excluding hydrogens is 286 g/mol. The molecule has 0 aromatic carbocycles. The van der Waals surface area contributed by atoms with Gasteiger partial charge in [-0.3, -0.25) is 0 Å². The number of aromatic nitrogens is 5. The predicted molar refractivity (Wildman–Crippen MR) is 76.3 cm³/mol. The van der Waals surface area contributed by atoms with Crippen LogP contribution in [0.4, 0.5) is 0 Å². The van der Waals surface area contributed by atoms with Crippen molar-refractivity contribution in [2.45, 2.75) is 38.8 Å². The molecule has 1 aliphatic rings. The molecule has 8 heteroatoms. The number of carbonyl (C=O) groups is 1. The third-order valence-electron chi connectivity index (χ3n) is 3.52. The van der Waals surface area contributed by atoms with Crippen molar-refractivity contribution in [3.05, 3.63) is 23.5 Å². The van der Waals surface area contributed by atoms with E-state index in [4.69, 9.17) is 9.84 Å². The lowest BCUT2D eigenvalue weighted by Gasteiger charge is -2.21. The topological polar surface area (TPSA) is 103 Å². The summed E-state index contributed by atoms with van der Waals surface area (Å²) in [4.78, 5) is 16.5. The summed E-state index contributed by atoms with van der Waals surface area (Å²) in [6.07, 6.45) is 3.36. The van der Waals surface area contributed by atoms with E-state index >= 15 is 0 Å². The number of carboxylic acids is 1. The molecule has 0 radical (unpaired) electrons. The van der Waals surface area contributed by atoms with Crippen LogP contribution in [0.15, 0.2) is 12.1 Å². The molecule has 1 atom stereocenters. The first kappa shape index (κ1) is 14.6. The van der Waals surface area contributed by atoms with Gasteiger partial charge in [0.15, 0.2) is 0 Å². The number of rotatable bonds is 4. The Morgan fingerprint density at radius 3 is 3.05 bits per heavy atom. The molecule has 116 valence electrons. The zero-order valence-corrected chi connectivity index (χ0v) is 12.3. The summed E-state index contributed by atoms with van der Waals surface area (Å²) in [6.45, 7) is 3.07. The van der Waals surface area contributed by atoms with Crippen LogP contribution < -0.4 is 0 Å². The Morgan fingerprint density at radius 1 is 1.45 bits per heavy atom. The maximum atomic E-state index is 11.1. The zero-order valence-electron chi connectivity index (χ0n) is 12.3. The number of nitrogens with zero attached hydrogens (tertiary/aromatic N) is 5. The summed E-state index contributed by atoms with van der Waals surface area (Å²) in [5.74, 6) is -0.684. The largest absolute Gasteiger partial charge is 0.477 e. The van der Waals surface area contributed by atoms with E-state index in [-0.39, 0.29) is 11.8 Å². The minimum atomic E-state index is -1.08. The molecule has 3 rings (SSSR count). The number of aromatic carboxylic acids is 1. The molecule has 0 amide bonds. The van der Waals surface area contributed by atoms with Crippen molar-refractivity contribution in [1.82, 2.24) is 25.2 Å². The Labute approximate surface area is 127 Å². The van der Waals surface area contributed by atoms with E-state index in [1.807, 2.05) is 0 Å². The maximum absolute atomic E-state index is 11.1. The monoisotopic (exact) mass is 303 g/mol. The molecule has 0 bridgehead atoms. The van der Waals surface area contributed by atoms with Gasteiger partial charge in [0, 0.05) is 17.9 Å². The fourth-order valence-corrected chi connectivity index (χ4v) is 2.48. The van der Waals surface area contributed by atoms with Gasteiger partial charge in [0.25, 0.3) is 0 Å². The van der Waals surface area contributed by atoms with Gasteiger partial charge in [-0.15, -0.1) is 10.2 Å². The Kier molecular flexibility index (Phi) is 4.10. The van der Waals surface area contributed by atoms with E-state index in [0.717, 1.165) is 25.9 Å². The van der Waals surface area contributed by atoms with E-state index in [0.29, 0.717) is 23.6 Å². The number of hydrogen-bond acceptors (Lipinski definition) is 6. The van der Waals surface area contributed by atoms with Crippen molar-refractivity contribution in [1.29, 1.82) is 0 Å². The number of hydrogen-bond donors (Lipinski definition) is 1. The molecule has 1 saturated heterocycles. The van der Waals surface area contributed by atoms with E-state index in [9.17, 15) is 4.79 Å². The molecule has 1 fully saturated rings. The Bertz CT molecular complexity index is 679. The molecule has 2 aromatic rings. The van der Waals surface area contributed by atoms with E-state index in [1.54, 1.807) is 13.0 Å². The van der Waals surface area contributed by atoms with Crippen molar-refractivity contribution < 1.29 is 14.6 Å². The highest BCUT2D eigenvalue weighted by Crippen LogP contribution is 2.17. The Hall–Kier alpha value is -2.35. The molecule has 1 N–H and O–H groups in total. The van der Waals surface area contributed by atoms with Crippen LogP contribution in [-0.2, 0) is 11.3 Å². The second-order valence-corrected chi connectivity index (χ2v) is 5.34. The third-order valence-corrected chi connectivity index (χ3v) is 3.52. The second-order valence-electron chi connectivity index (χ2n) is 5.34. The number of tetrazole rings is 1. The lowest BCUT2D eigenvalue weighted by atomic mass is 10.1. The molecule has 22 heavy (non-hydrogen) atoms. The van der Waals surface area contributed by atoms with Crippen LogP contribution in [0.3, 0.4) is 0 Å². The van der Waals surface area contributed by atoms with Crippen molar-refractivity contribution in [2.75, 3.05) is 6.61 Å². The first-order chi connectivity index (χ1) is 10.6. The van der Waals surface area contributed by atoms with Crippen LogP contribution in [0, 0.1) is 6.92 Å². The highest BCUT2D eigenvalue weighted by Gasteiger charge is 2.17. The second kappa shape index (κ2) is 6.18. The van der Waals surface area contributed by atoms with Gasteiger partial charge < -0.3 is 9.84 Å². The minimum Gasteiger partial charge on any atom is -0.477 e. The lowest BCUT2D eigenvalue weighted by Crippen LogP contribution is -2.25. The normalized spacial score (nSPS) is 18.3. The molecule has 0 saturated carbocycles. The van der Waals surface area contributed by atoms with Crippen LogP contribution in [0.5, 0.6) is 0 Å². The van der Waals surface area contributed by atoms with Crippen LogP contribution in [-0.4, -0.2) is 49.0 Å². The quantitative estimate of drug-likeness (QED) is 0.908. The lowest BCUT2D eigenvalue weighted by molar-refractivity contribution is 0.00133. The van der Waals surface area contributed by atoms with Crippen molar-refractivity contribution >= 4 is 5.97 Å². The summed E-state index contributed by atoms with van der Waals surface area (Å²) in [7, 11) is 0. The van der Waals surface area contributed by atoms with Gasteiger partial charge in [-0.1, -0.05) is 0 Å². The van der Waals surface area contributed by atoms with Gasteiger partial charge in [-0.05, 0) is 43.5 Å². The average Bonchev–Trinajstić information content (AvgIpc) is 2.96. The van der Waals surface area contributed by atoms with Gasteiger partial charge in [-0.25, -0.2) is 9.78 Å². The van der Waals surface area contributed by atoms with Gasteiger partial charge in [0.1, 0.15) is 5.69 Å². The summed E-state index contributed by atoms with van der Waals surface area (Å²) in [6, 6.07) is 3.19. The molecule has 0 spiro atoms. The van der Waals surface area contributed by atoms with Crippen molar-refractivity contribution in [2.24, 2.45) is 0 Å². The van der Waals surface area contributed by atoms with Crippen LogP contribution in [0.1, 0.15) is 35.4 Å². The first-order valence-corrected chi connectivity index (χ1v) is 7.23. The molecular formula is C14H17N5O3. The third kappa shape index (κ3) is 3.28. The van der Waals surface area contributed by atoms with E-state index < -0.39 is 5.97 Å². The molecule has 1 unspecified atom stereocenters. The zero-order chi connectivity index (χ0) is 15.5. The fourth-order valence-electron chi connectivity index (χ4n) is 2.48. The number of aryl methyl sites for hydroxylation is 1. The van der Waals surface area contributed by atoms with Crippen LogP contribution in [0.2, 0.25) is 0 Å². The maximum Gasteiger partial charge on any atom is 0.354 e. The standard InChI is InChI=1S/C14H17N5O3/c1-9-6-10(7-12(15-9)14(20)21)13-16-18-19(17-13)8-11-4-2-3-5-22-11/h6-7,11H,2-5,8H2,1H3,(H,20,21). The average molecular weight is 303 g/mol. The van der Waals surface area contributed by atoms with Crippen molar-refractivity contribution in [3.63, 3.8) is 0 Å². The van der Waals surface area contributed by atoms with Gasteiger partial charge >= 0.3 is 5.97 Å².